The van der Waals surface area contributed by atoms with Crippen LogP contribution in [0, 0.1) is 5.82 Å². The van der Waals surface area contributed by atoms with Crippen LogP contribution in [0.1, 0.15) is 30.0 Å². The summed E-state index contributed by atoms with van der Waals surface area (Å²) in [5.41, 5.74) is 2.44. The maximum atomic E-state index is 13.7. The number of rotatable bonds is 4. The summed E-state index contributed by atoms with van der Waals surface area (Å²) in [5, 5.41) is 7.26. The van der Waals surface area contributed by atoms with Crippen molar-refractivity contribution in [3.63, 3.8) is 0 Å². The third-order valence-corrected chi connectivity index (χ3v) is 4.61. The lowest BCUT2D eigenvalue weighted by Gasteiger charge is -2.17. The number of ether oxygens (including phenoxy) is 1. The quantitative estimate of drug-likeness (QED) is 0.698. The third kappa shape index (κ3) is 4.11. The maximum Gasteiger partial charge on any atom is 0.244 e. The summed E-state index contributed by atoms with van der Waals surface area (Å²) in [4.78, 5) is 12.4. The van der Waals surface area contributed by atoms with Crippen molar-refractivity contribution in [2.75, 3.05) is 6.61 Å². The molecule has 1 aliphatic rings. The first-order chi connectivity index (χ1) is 13.7. The van der Waals surface area contributed by atoms with Gasteiger partial charge in [0.25, 0.3) is 0 Å². The number of hydrogen-bond donors (Lipinski definition) is 1. The highest BCUT2D eigenvalue weighted by Crippen LogP contribution is 2.32. The molecule has 1 aliphatic heterocycles. The van der Waals surface area contributed by atoms with Gasteiger partial charge in [-0.1, -0.05) is 18.2 Å². The van der Waals surface area contributed by atoms with Gasteiger partial charge in [0.15, 0.2) is 0 Å². The number of aromatic nitrogens is 2. The van der Waals surface area contributed by atoms with E-state index in [1.807, 2.05) is 36.5 Å². The van der Waals surface area contributed by atoms with Crippen molar-refractivity contribution in [1.29, 1.82) is 0 Å². The molecule has 4 rings (SSSR count). The van der Waals surface area contributed by atoms with Crippen LogP contribution in [0.4, 0.5) is 4.39 Å². The Hall–Kier alpha value is -3.41. The fourth-order valence-electron chi connectivity index (χ4n) is 3.23. The first-order valence-corrected chi connectivity index (χ1v) is 9.20. The number of halogens is 1. The van der Waals surface area contributed by atoms with Crippen LogP contribution in [0.15, 0.2) is 67.0 Å². The number of carbonyl (C=O) groups is 1. The molecule has 1 N–H and O–H groups in total. The first kappa shape index (κ1) is 18.0. The lowest BCUT2D eigenvalue weighted by molar-refractivity contribution is -0.117. The Bertz CT molecular complexity index is 998. The van der Waals surface area contributed by atoms with Crippen molar-refractivity contribution >= 4 is 12.0 Å². The molecular weight excluding hydrogens is 357 g/mol. The monoisotopic (exact) mass is 377 g/mol. The molecule has 0 fully saturated rings. The lowest BCUT2D eigenvalue weighted by atomic mass is 10.0. The van der Waals surface area contributed by atoms with E-state index in [1.165, 1.54) is 18.2 Å². The number of para-hydroxylation sites is 1. The molecule has 2 heterocycles. The van der Waals surface area contributed by atoms with E-state index in [2.05, 4.69) is 10.4 Å². The predicted molar refractivity (Wildman–Crippen MR) is 105 cm³/mol. The Balaban J connectivity index is 1.45. The van der Waals surface area contributed by atoms with Crippen LogP contribution in [0.3, 0.4) is 0 Å². The summed E-state index contributed by atoms with van der Waals surface area (Å²) < 4.78 is 21.0. The molecule has 1 aromatic heterocycles. The molecule has 3 aromatic rings. The largest absolute Gasteiger partial charge is 0.493 e. The van der Waals surface area contributed by atoms with E-state index in [0.717, 1.165) is 17.7 Å². The Morgan fingerprint density at radius 3 is 2.96 bits per heavy atom. The Morgan fingerprint density at radius 1 is 1.25 bits per heavy atom. The molecule has 28 heavy (non-hydrogen) atoms. The molecule has 0 bridgehead atoms. The summed E-state index contributed by atoms with van der Waals surface area (Å²) in [7, 11) is 0. The molecule has 0 saturated heterocycles. The van der Waals surface area contributed by atoms with Crippen LogP contribution in [0.2, 0.25) is 0 Å². The van der Waals surface area contributed by atoms with Crippen LogP contribution in [-0.2, 0) is 4.79 Å². The molecule has 1 atom stereocenters. The van der Waals surface area contributed by atoms with Crippen LogP contribution in [-0.4, -0.2) is 22.3 Å². The minimum absolute atomic E-state index is 0.241. The van der Waals surface area contributed by atoms with Crippen LogP contribution < -0.4 is 10.1 Å². The van der Waals surface area contributed by atoms with Gasteiger partial charge in [0, 0.05) is 23.4 Å². The normalized spacial score (nSPS) is 16.2. The van der Waals surface area contributed by atoms with Gasteiger partial charge in [0.2, 0.25) is 5.91 Å². The Morgan fingerprint density at radius 2 is 2.11 bits per heavy atom. The number of fused-ring (bicyclic) bond motifs is 1. The van der Waals surface area contributed by atoms with Crippen molar-refractivity contribution in [2.45, 2.75) is 18.9 Å². The van der Waals surface area contributed by atoms with E-state index >= 15 is 0 Å². The van der Waals surface area contributed by atoms with E-state index in [4.69, 9.17) is 4.74 Å². The van der Waals surface area contributed by atoms with Crippen molar-refractivity contribution < 1.29 is 13.9 Å². The average Bonchev–Trinajstić information content (AvgIpc) is 3.11. The van der Waals surface area contributed by atoms with Gasteiger partial charge in [-0.05, 0) is 49.2 Å². The number of nitrogens with one attached hydrogen (secondary N) is 1. The van der Waals surface area contributed by atoms with Gasteiger partial charge >= 0.3 is 0 Å². The zero-order valence-corrected chi connectivity index (χ0v) is 15.2. The maximum absolute atomic E-state index is 13.7. The molecule has 5 nitrogen and oxygen atoms in total. The summed E-state index contributed by atoms with van der Waals surface area (Å²) >= 11 is 0. The molecule has 142 valence electrons. The molecule has 2 aromatic carbocycles. The van der Waals surface area contributed by atoms with E-state index in [9.17, 15) is 9.18 Å². The first-order valence-electron chi connectivity index (χ1n) is 9.20. The van der Waals surface area contributed by atoms with Gasteiger partial charge in [0.05, 0.1) is 24.5 Å². The zero-order valence-electron chi connectivity index (χ0n) is 15.2. The van der Waals surface area contributed by atoms with Crippen molar-refractivity contribution in [3.8, 4) is 11.4 Å². The molecule has 0 aliphatic carbocycles. The molecule has 0 saturated carbocycles. The average molecular weight is 377 g/mol. The van der Waals surface area contributed by atoms with Gasteiger partial charge in [-0.15, -0.1) is 0 Å². The molecule has 1 amide bonds. The summed E-state index contributed by atoms with van der Waals surface area (Å²) in [6.07, 6.45) is 8.21. The number of nitrogens with zero attached hydrogens (tertiary/aromatic N) is 2. The van der Waals surface area contributed by atoms with E-state index in [-0.39, 0.29) is 17.8 Å². The number of amides is 1. The third-order valence-electron chi connectivity index (χ3n) is 4.61. The smallest absolute Gasteiger partial charge is 0.244 e. The van der Waals surface area contributed by atoms with Gasteiger partial charge in [-0.2, -0.15) is 5.10 Å². The number of carbonyl (C=O) groups excluding carboxylic acids is 1. The minimum Gasteiger partial charge on any atom is -0.493 e. The zero-order chi connectivity index (χ0) is 19.3. The van der Waals surface area contributed by atoms with Crippen molar-refractivity contribution in [3.05, 3.63) is 83.9 Å². The van der Waals surface area contributed by atoms with Crippen LogP contribution in [0.25, 0.3) is 11.8 Å². The minimum atomic E-state index is -0.340. The summed E-state index contributed by atoms with van der Waals surface area (Å²) in [5.74, 6) is 0.0410. The van der Waals surface area contributed by atoms with Gasteiger partial charge in [0.1, 0.15) is 11.6 Å². The topological polar surface area (TPSA) is 56.2 Å². The van der Waals surface area contributed by atoms with Gasteiger partial charge < -0.3 is 10.1 Å². The SMILES string of the molecule is O=C(/C=C/c1cnn(-c2ccccc2)c1)NC1CCCOc2ccc(F)cc21. The predicted octanol–water partition coefficient (Wildman–Crippen LogP) is 4.05. The fourth-order valence-corrected chi connectivity index (χ4v) is 3.23. The molecule has 6 heteroatoms. The second-order valence-electron chi connectivity index (χ2n) is 6.62. The molecular formula is C22H20FN3O2. The highest BCUT2D eigenvalue weighted by molar-refractivity contribution is 5.92. The molecule has 1 unspecified atom stereocenters. The summed E-state index contributed by atoms with van der Waals surface area (Å²) in [6.45, 7) is 0.555. The van der Waals surface area contributed by atoms with Crippen molar-refractivity contribution in [1.82, 2.24) is 15.1 Å². The van der Waals surface area contributed by atoms with E-state index < -0.39 is 0 Å². The van der Waals surface area contributed by atoms with Gasteiger partial charge in [-0.3, -0.25) is 4.79 Å². The van der Waals surface area contributed by atoms with Crippen molar-refractivity contribution in [2.24, 2.45) is 0 Å². The van der Waals surface area contributed by atoms with E-state index in [0.29, 0.717) is 24.3 Å². The van der Waals surface area contributed by atoms with Crippen LogP contribution >= 0.6 is 0 Å². The second kappa shape index (κ2) is 8.08. The van der Waals surface area contributed by atoms with Crippen LogP contribution in [0.5, 0.6) is 5.75 Å². The fraction of sp³-hybridized carbons (Fsp3) is 0.182. The molecule has 0 radical (unpaired) electrons. The summed E-state index contributed by atoms with van der Waals surface area (Å²) in [6, 6.07) is 13.9. The number of hydrogen-bond acceptors (Lipinski definition) is 3. The van der Waals surface area contributed by atoms with E-state index in [1.54, 1.807) is 23.0 Å². The highest BCUT2D eigenvalue weighted by Gasteiger charge is 2.21. The highest BCUT2D eigenvalue weighted by atomic mass is 19.1. The second-order valence-corrected chi connectivity index (χ2v) is 6.62. The van der Waals surface area contributed by atoms with Gasteiger partial charge in [-0.25, -0.2) is 9.07 Å². The molecule has 0 spiro atoms. The standard InChI is InChI=1S/C22H20FN3O2/c23-17-9-10-21-19(13-17)20(7-4-12-28-21)25-22(27)11-8-16-14-24-26(15-16)18-5-2-1-3-6-18/h1-3,5-6,8-11,13-15,20H,4,7,12H2,(H,25,27)/b11-8+. The number of benzene rings is 2. The lowest BCUT2D eigenvalue weighted by Crippen LogP contribution is -2.26. The Labute approximate surface area is 162 Å². The Kier molecular flexibility index (Phi) is 5.19.